The van der Waals surface area contributed by atoms with Crippen molar-refractivity contribution in [3.05, 3.63) is 70.9 Å². The van der Waals surface area contributed by atoms with E-state index in [2.05, 4.69) is 16.3 Å². The molecule has 2 aromatic carbocycles. The summed E-state index contributed by atoms with van der Waals surface area (Å²) in [6.45, 7) is 0.136. The van der Waals surface area contributed by atoms with Crippen LogP contribution in [-0.4, -0.2) is 28.1 Å². The van der Waals surface area contributed by atoms with Crippen LogP contribution in [0, 0.1) is 12.3 Å². The van der Waals surface area contributed by atoms with Gasteiger partial charge in [0.05, 0.1) is 18.4 Å². The van der Waals surface area contributed by atoms with Crippen molar-refractivity contribution in [2.45, 2.75) is 11.8 Å². The van der Waals surface area contributed by atoms with E-state index in [0.717, 1.165) is 11.3 Å². The topological polar surface area (TPSA) is 67.2 Å². The van der Waals surface area contributed by atoms with Crippen LogP contribution in [0.15, 0.2) is 54.7 Å². The SMILES string of the molecule is C#CCN1C(=O)C2(CC(=O)Nc3c2cnn3-c2cccc(Cl)c2)c2ccccc21. The third-order valence-corrected chi connectivity index (χ3v) is 5.71. The Hall–Kier alpha value is -3.56. The van der Waals surface area contributed by atoms with Gasteiger partial charge >= 0.3 is 0 Å². The van der Waals surface area contributed by atoms with Crippen molar-refractivity contribution in [1.29, 1.82) is 0 Å². The van der Waals surface area contributed by atoms with Gasteiger partial charge in [0.2, 0.25) is 11.8 Å². The second-order valence-corrected chi connectivity index (χ2v) is 7.48. The molecule has 2 amide bonds. The van der Waals surface area contributed by atoms with Crippen molar-refractivity contribution >= 4 is 34.9 Å². The van der Waals surface area contributed by atoms with Crippen LogP contribution < -0.4 is 10.2 Å². The summed E-state index contributed by atoms with van der Waals surface area (Å²) in [5, 5.41) is 7.90. The predicted octanol–water partition coefficient (Wildman–Crippen LogP) is 3.13. The molecule has 142 valence electrons. The number of terminal acetylenes is 1. The largest absolute Gasteiger partial charge is 0.310 e. The Kier molecular flexibility index (Phi) is 3.76. The summed E-state index contributed by atoms with van der Waals surface area (Å²) >= 11 is 6.13. The van der Waals surface area contributed by atoms with E-state index in [9.17, 15) is 9.59 Å². The Bertz CT molecular complexity index is 1230. The van der Waals surface area contributed by atoms with Gasteiger partial charge in [0.1, 0.15) is 11.2 Å². The van der Waals surface area contributed by atoms with Crippen LogP contribution in [0.4, 0.5) is 11.5 Å². The fraction of sp³-hybridized carbons (Fsp3) is 0.136. The molecule has 0 fully saturated rings. The summed E-state index contributed by atoms with van der Waals surface area (Å²) in [5.41, 5.74) is 1.68. The molecule has 2 aliphatic rings. The predicted molar refractivity (Wildman–Crippen MR) is 110 cm³/mol. The molecular formula is C22H15ClN4O2. The number of benzene rings is 2. The lowest BCUT2D eigenvalue weighted by atomic mass is 9.72. The van der Waals surface area contributed by atoms with Crippen LogP contribution in [-0.2, 0) is 15.0 Å². The highest BCUT2D eigenvalue weighted by atomic mass is 35.5. The van der Waals surface area contributed by atoms with Crippen molar-refractivity contribution in [2.75, 3.05) is 16.8 Å². The van der Waals surface area contributed by atoms with Gasteiger partial charge in [0.15, 0.2) is 0 Å². The van der Waals surface area contributed by atoms with E-state index in [-0.39, 0.29) is 24.8 Å². The average Bonchev–Trinajstić information content (AvgIpc) is 3.23. The quantitative estimate of drug-likeness (QED) is 0.670. The highest BCUT2D eigenvalue weighted by molar-refractivity contribution is 6.30. The molecule has 1 unspecified atom stereocenters. The molecule has 6 nitrogen and oxygen atoms in total. The first-order chi connectivity index (χ1) is 14.1. The molecule has 5 rings (SSSR count). The molecule has 0 bridgehead atoms. The Labute approximate surface area is 172 Å². The first kappa shape index (κ1) is 17.5. The molecule has 1 N–H and O–H groups in total. The molecule has 1 atom stereocenters. The van der Waals surface area contributed by atoms with Gasteiger partial charge in [0, 0.05) is 22.7 Å². The zero-order valence-corrected chi connectivity index (χ0v) is 16.0. The van der Waals surface area contributed by atoms with Gasteiger partial charge in [0.25, 0.3) is 0 Å². The number of halogens is 1. The Morgan fingerprint density at radius 3 is 2.79 bits per heavy atom. The normalized spacial score (nSPS) is 19.7. The molecule has 0 saturated carbocycles. The molecule has 0 aliphatic carbocycles. The number of rotatable bonds is 2. The summed E-state index contributed by atoms with van der Waals surface area (Å²) in [4.78, 5) is 28.0. The van der Waals surface area contributed by atoms with Gasteiger partial charge in [-0.1, -0.05) is 41.8 Å². The molecule has 29 heavy (non-hydrogen) atoms. The molecule has 0 saturated heterocycles. The summed E-state index contributed by atoms with van der Waals surface area (Å²) < 4.78 is 1.60. The lowest BCUT2D eigenvalue weighted by Gasteiger charge is -2.32. The summed E-state index contributed by atoms with van der Waals surface area (Å²) in [5.74, 6) is 2.54. The van der Waals surface area contributed by atoms with Crippen LogP contribution in [0.2, 0.25) is 5.02 Å². The van der Waals surface area contributed by atoms with E-state index in [1.807, 2.05) is 30.3 Å². The van der Waals surface area contributed by atoms with E-state index in [0.29, 0.717) is 22.1 Å². The molecule has 2 aliphatic heterocycles. The van der Waals surface area contributed by atoms with Crippen molar-refractivity contribution < 1.29 is 9.59 Å². The number of carbonyl (C=O) groups excluding carboxylic acids is 2. The van der Waals surface area contributed by atoms with Crippen LogP contribution >= 0.6 is 11.6 Å². The van der Waals surface area contributed by atoms with Gasteiger partial charge in [-0.05, 0) is 29.8 Å². The van der Waals surface area contributed by atoms with E-state index in [1.54, 1.807) is 34.0 Å². The minimum Gasteiger partial charge on any atom is -0.310 e. The third-order valence-electron chi connectivity index (χ3n) is 5.48. The fourth-order valence-corrected chi connectivity index (χ4v) is 4.49. The van der Waals surface area contributed by atoms with Crippen LogP contribution in [0.5, 0.6) is 0 Å². The Balaban J connectivity index is 1.77. The number of carbonyl (C=O) groups is 2. The second kappa shape index (κ2) is 6.23. The third kappa shape index (κ3) is 2.35. The zero-order chi connectivity index (χ0) is 20.2. The number of hydrogen-bond donors (Lipinski definition) is 1. The van der Waals surface area contributed by atoms with Crippen molar-refractivity contribution in [3.63, 3.8) is 0 Å². The fourth-order valence-electron chi connectivity index (χ4n) is 4.30. The summed E-state index contributed by atoms with van der Waals surface area (Å²) in [6, 6.07) is 14.6. The zero-order valence-electron chi connectivity index (χ0n) is 15.2. The Morgan fingerprint density at radius 2 is 2.00 bits per heavy atom. The molecule has 3 heterocycles. The number of hydrogen-bond acceptors (Lipinski definition) is 3. The maximum absolute atomic E-state index is 13.6. The molecule has 1 aromatic heterocycles. The van der Waals surface area contributed by atoms with Crippen molar-refractivity contribution in [3.8, 4) is 18.0 Å². The van der Waals surface area contributed by atoms with Gasteiger partial charge in [-0.15, -0.1) is 6.42 Å². The number of amides is 2. The standard InChI is InChI=1S/C22H15ClN4O2/c1-2-10-26-18-9-4-3-8-16(18)22(21(26)29)12-19(28)25-20-17(22)13-24-27(20)15-7-5-6-14(23)11-15/h1,3-9,11,13H,10,12H2,(H,25,28). The summed E-state index contributed by atoms with van der Waals surface area (Å²) in [6.07, 6.45) is 7.15. The van der Waals surface area contributed by atoms with Gasteiger partial charge in [-0.2, -0.15) is 5.10 Å². The summed E-state index contributed by atoms with van der Waals surface area (Å²) in [7, 11) is 0. The monoisotopic (exact) mass is 402 g/mol. The van der Waals surface area contributed by atoms with Crippen LogP contribution in [0.1, 0.15) is 17.5 Å². The highest BCUT2D eigenvalue weighted by Crippen LogP contribution is 2.52. The number of nitrogens with one attached hydrogen (secondary N) is 1. The smallest absolute Gasteiger partial charge is 0.243 e. The molecule has 0 radical (unpaired) electrons. The lowest BCUT2D eigenvalue weighted by Crippen LogP contribution is -2.46. The molecule has 3 aromatic rings. The van der Waals surface area contributed by atoms with Crippen LogP contribution in [0.25, 0.3) is 5.69 Å². The number of anilines is 2. The molecular weight excluding hydrogens is 388 g/mol. The van der Waals surface area contributed by atoms with Crippen molar-refractivity contribution in [1.82, 2.24) is 9.78 Å². The van der Waals surface area contributed by atoms with E-state index >= 15 is 0 Å². The maximum Gasteiger partial charge on any atom is 0.243 e. The number of aromatic nitrogens is 2. The van der Waals surface area contributed by atoms with Gasteiger partial charge in [-0.25, -0.2) is 4.68 Å². The second-order valence-electron chi connectivity index (χ2n) is 7.04. The van der Waals surface area contributed by atoms with E-state index in [4.69, 9.17) is 18.0 Å². The highest BCUT2D eigenvalue weighted by Gasteiger charge is 2.56. The number of nitrogens with zero attached hydrogens (tertiary/aromatic N) is 3. The van der Waals surface area contributed by atoms with E-state index < -0.39 is 5.41 Å². The average molecular weight is 403 g/mol. The first-order valence-electron chi connectivity index (χ1n) is 9.05. The molecule has 7 heteroatoms. The van der Waals surface area contributed by atoms with Crippen molar-refractivity contribution in [2.24, 2.45) is 0 Å². The minimum atomic E-state index is -1.15. The minimum absolute atomic E-state index is 0.00183. The lowest BCUT2D eigenvalue weighted by molar-refractivity contribution is -0.126. The maximum atomic E-state index is 13.6. The van der Waals surface area contributed by atoms with Gasteiger partial charge in [-0.3, -0.25) is 14.5 Å². The molecule has 1 spiro atoms. The van der Waals surface area contributed by atoms with Gasteiger partial charge < -0.3 is 5.32 Å². The Morgan fingerprint density at radius 1 is 1.17 bits per heavy atom. The first-order valence-corrected chi connectivity index (χ1v) is 9.43. The van der Waals surface area contributed by atoms with Crippen LogP contribution in [0.3, 0.4) is 0 Å². The van der Waals surface area contributed by atoms with E-state index in [1.165, 1.54) is 0 Å². The number of fused-ring (bicyclic) bond motifs is 4. The number of para-hydroxylation sites is 1.